The number of rotatable bonds is 2. The van der Waals surface area contributed by atoms with Crippen LogP contribution in [-0.2, 0) is 6.18 Å². The number of hydrogen-bond acceptors (Lipinski definition) is 4. The Balaban J connectivity index is 2.01. The first-order chi connectivity index (χ1) is 10.5. The summed E-state index contributed by atoms with van der Waals surface area (Å²) in [5.41, 5.74) is 6.82. The van der Waals surface area contributed by atoms with Gasteiger partial charge in [0.25, 0.3) is 0 Å². The van der Waals surface area contributed by atoms with Gasteiger partial charge in [-0.1, -0.05) is 17.8 Å². The lowest BCUT2D eigenvalue weighted by molar-refractivity contribution is -0.137. The maximum atomic E-state index is 12.9. The van der Waals surface area contributed by atoms with E-state index in [4.69, 9.17) is 5.73 Å². The topological polar surface area (TPSA) is 42.1 Å². The summed E-state index contributed by atoms with van der Waals surface area (Å²) in [7, 11) is 0. The Morgan fingerprint density at radius 3 is 2.68 bits per heavy atom. The highest BCUT2D eigenvalue weighted by atomic mass is 32.2. The number of halogens is 3. The van der Waals surface area contributed by atoms with Crippen LogP contribution in [0.15, 0.2) is 54.2 Å². The summed E-state index contributed by atoms with van der Waals surface area (Å²) in [6, 6.07) is 8.77. The fourth-order valence-electron chi connectivity index (χ4n) is 2.23. The Bertz CT molecular complexity index is 701. The third-order valence-electron chi connectivity index (χ3n) is 3.24. The zero-order valence-electron chi connectivity index (χ0n) is 11.3. The van der Waals surface area contributed by atoms with E-state index in [0.717, 1.165) is 23.4 Å². The summed E-state index contributed by atoms with van der Waals surface area (Å²) >= 11 is 1.35. The molecule has 3 rings (SSSR count). The lowest BCUT2D eigenvalue weighted by atomic mass is 10.1. The average molecular weight is 323 g/mol. The van der Waals surface area contributed by atoms with E-state index in [9.17, 15) is 13.2 Å². The van der Waals surface area contributed by atoms with Crippen molar-refractivity contribution in [1.29, 1.82) is 0 Å². The monoisotopic (exact) mass is 323 g/mol. The Morgan fingerprint density at radius 2 is 2.00 bits per heavy atom. The molecule has 7 heteroatoms. The van der Waals surface area contributed by atoms with Crippen LogP contribution in [-0.4, -0.2) is 10.5 Å². The molecule has 0 radical (unpaired) electrons. The first-order valence-electron chi connectivity index (χ1n) is 6.45. The normalized spacial score (nSPS) is 18.5. The van der Waals surface area contributed by atoms with Gasteiger partial charge >= 0.3 is 6.18 Å². The zero-order chi connectivity index (χ0) is 15.7. The number of alkyl halides is 3. The van der Waals surface area contributed by atoms with Crippen molar-refractivity contribution >= 4 is 23.1 Å². The number of hydrogen-bond donors (Lipinski definition) is 1. The van der Waals surface area contributed by atoms with Crippen LogP contribution < -0.4 is 10.6 Å². The fourth-order valence-corrected chi connectivity index (χ4v) is 3.10. The first kappa shape index (κ1) is 14.9. The van der Waals surface area contributed by atoms with Crippen molar-refractivity contribution in [1.82, 2.24) is 4.98 Å². The van der Waals surface area contributed by atoms with Crippen molar-refractivity contribution in [3.63, 3.8) is 0 Å². The van der Waals surface area contributed by atoms with Crippen LogP contribution in [0.25, 0.3) is 5.70 Å². The molecule has 1 aromatic heterocycles. The highest BCUT2D eigenvalue weighted by molar-refractivity contribution is 8.03. The van der Waals surface area contributed by atoms with Crippen molar-refractivity contribution < 1.29 is 13.2 Å². The van der Waals surface area contributed by atoms with Crippen molar-refractivity contribution in [2.24, 2.45) is 5.73 Å². The van der Waals surface area contributed by atoms with Crippen LogP contribution in [0, 0.1) is 0 Å². The van der Waals surface area contributed by atoms with Gasteiger partial charge in [-0.25, -0.2) is 0 Å². The molecule has 2 heterocycles. The fraction of sp³-hybridized carbons (Fsp3) is 0.133. The largest absolute Gasteiger partial charge is 0.416 e. The van der Waals surface area contributed by atoms with Crippen molar-refractivity contribution in [3.05, 3.63) is 65.3 Å². The van der Waals surface area contributed by atoms with Crippen LogP contribution >= 0.6 is 11.8 Å². The molecule has 22 heavy (non-hydrogen) atoms. The summed E-state index contributed by atoms with van der Waals surface area (Å²) in [4.78, 5) is 5.72. The third kappa shape index (κ3) is 2.82. The molecule has 1 unspecified atom stereocenters. The number of anilines is 1. The van der Waals surface area contributed by atoms with E-state index in [1.54, 1.807) is 29.4 Å². The number of nitrogens with zero attached hydrogens (tertiary/aromatic N) is 2. The second kappa shape index (κ2) is 5.66. The van der Waals surface area contributed by atoms with Crippen LogP contribution in [0.4, 0.5) is 18.9 Å². The Labute approximate surface area is 129 Å². The minimum atomic E-state index is -4.38. The third-order valence-corrected chi connectivity index (χ3v) is 4.09. The molecule has 1 atom stereocenters. The van der Waals surface area contributed by atoms with Crippen LogP contribution in [0.3, 0.4) is 0 Å². The van der Waals surface area contributed by atoms with Gasteiger partial charge in [-0.05, 0) is 35.7 Å². The van der Waals surface area contributed by atoms with Crippen LogP contribution in [0.2, 0.25) is 0 Å². The van der Waals surface area contributed by atoms with E-state index in [-0.39, 0.29) is 0 Å². The SMILES string of the molecule is NC1SC=C(c2cccnc2)N1c1cccc(C(F)(F)F)c1. The van der Waals surface area contributed by atoms with E-state index in [1.165, 1.54) is 17.8 Å². The van der Waals surface area contributed by atoms with Gasteiger partial charge < -0.3 is 10.6 Å². The average Bonchev–Trinajstić information content (AvgIpc) is 2.89. The van der Waals surface area contributed by atoms with E-state index in [2.05, 4.69) is 4.98 Å². The van der Waals surface area contributed by atoms with Crippen LogP contribution in [0.1, 0.15) is 11.1 Å². The summed E-state index contributed by atoms with van der Waals surface area (Å²) in [6.45, 7) is 0. The molecule has 1 aliphatic heterocycles. The lowest BCUT2D eigenvalue weighted by Crippen LogP contribution is -2.34. The maximum absolute atomic E-state index is 12.9. The number of nitrogens with two attached hydrogens (primary N) is 1. The second-order valence-corrected chi connectivity index (χ2v) is 5.68. The number of benzene rings is 1. The minimum absolute atomic E-state index is 0.405. The van der Waals surface area contributed by atoms with Gasteiger partial charge in [0.15, 0.2) is 0 Å². The number of aromatic nitrogens is 1. The van der Waals surface area contributed by atoms with E-state index in [1.807, 2.05) is 11.5 Å². The highest BCUT2D eigenvalue weighted by Gasteiger charge is 2.32. The van der Waals surface area contributed by atoms with Gasteiger partial charge in [-0.2, -0.15) is 13.2 Å². The minimum Gasteiger partial charge on any atom is -0.315 e. The van der Waals surface area contributed by atoms with Gasteiger partial charge in [0.05, 0.1) is 11.3 Å². The molecule has 0 saturated heterocycles. The molecule has 114 valence electrons. The Morgan fingerprint density at radius 1 is 1.18 bits per heavy atom. The molecule has 0 bridgehead atoms. The molecule has 3 nitrogen and oxygen atoms in total. The second-order valence-electron chi connectivity index (χ2n) is 4.69. The summed E-state index contributed by atoms with van der Waals surface area (Å²) in [6.07, 6.45) is -1.09. The van der Waals surface area contributed by atoms with E-state index < -0.39 is 17.2 Å². The first-order valence-corrected chi connectivity index (χ1v) is 7.39. The Hall–Kier alpha value is -1.99. The smallest absolute Gasteiger partial charge is 0.315 e. The summed E-state index contributed by atoms with van der Waals surface area (Å²) in [5.74, 6) is 0. The predicted molar refractivity (Wildman–Crippen MR) is 81.7 cm³/mol. The van der Waals surface area contributed by atoms with Gasteiger partial charge in [0, 0.05) is 23.6 Å². The summed E-state index contributed by atoms with van der Waals surface area (Å²) < 4.78 is 38.7. The zero-order valence-corrected chi connectivity index (χ0v) is 12.1. The number of thioether (sulfide) groups is 1. The van der Waals surface area contributed by atoms with Gasteiger partial charge in [-0.15, -0.1) is 0 Å². The van der Waals surface area contributed by atoms with Gasteiger partial charge in [-0.3, -0.25) is 4.98 Å². The quantitative estimate of drug-likeness (QED) is 0.910. The highest BCUT2D eigenvalue weighted by Crippen LogP contribution is 2.40. The van der Waals surface area contributed by atoms with Crippen LogP contribution in [0.5, 0.6) is 0 Å². The molecule has 2 N–H and O–H groups in total. The molecule has 0 saturated carbocycles. The van der Waals surface area contributed by atoms with Crippen molar-refractivity contribution in [3.8, 4) is 0 Å². The number of pyridine rings is 1. The van der Waals surface area contributed by atoms with Gasteiger partial charge in [0.1, 0.15) is 5.50 Å². The van der Waals surface area contributed by atoms with Gasteiger partial charge in [0.2, 0.25) is 0 Å². The summed E-state index contributed by atoms with van der Waals surface area (Å²) in [5, 5.41) is 1.84. The lowest BCUT2D eigenvalue weighted by Gasteiger charge is -2.27. The van der Waals surface area contributed by atoms with Crippen molar-refractivity contribution in [2.75, 3.05) is 4.90 Å². The molecule has 1 aromatic carbocycles. The molecule has 0 spiro atoms. The molecule has 1 aliphatic rings. The van der Waals surface area contributed by atoms with Crippen molar-refractivity contribution in [2.45, 2.75) is 11.7 Å². The Kier molecular flexibility index (Phi) is 3.84. The molecular weight excluding hydrogens is 311 g/mol. The molecule has 0 amide bonds. The predicted octanol–water partition coefficient (Wildman–Crippen LogP) is 3.89. The molecule has 0 fully saturated rings. The maximum Gasteiger partial charge on any atom is 0.416 e. The standard InChI is InChI=1S/C15H12F3N3S/c16-15(17,18)11-4-1-5-12(7-11)21-13(9-22-14(21)19)10-3-2-6-20-8-10/h1-9,14H,19H2. The molecular formula is C15H12F3N3S. The molecule has 2 aromatic rings. The molecule has 0 aliphatic carbocycles. The van der Waals surface area contributed by atoms with E-state index >= 15 is 0 Å². The van der Waals surface area contributed by atoms with E-state index in [0.29, 0.717) is 5.69 Å².